The molecule has 2 rings (SSSR count). The summed E-state index contributed by atoms with van der Waals surface area (Å²) in [6.45, 7) is 7.80. The predicted molar refractivity (Wildman–Crippen MR) is 77.3 cm³/mol. The Hall–Kier alpha value is -1.62. The van der Waals surface area contributed by atoms with Crippen LogP contribution in [0.5, 0.6) is 0 Å². The molecule has 2 aromatic heterocycles. The number of carbonyl (C=O) groups excluding carboxylic acids is 1. The molecule has 5 heteroatoms. The van der Waals surface area contributed by atoms with Crippen molar-refractivity contribution in [1.82, 2.24) is 9.13 Å². The Morgan fingerprint density at radius 2 is 1.84 bits per heavy atom. The highest BCUT2D eigenvalue weighted by Gasteiger charge is 2.17. The molecule has 102 valence electrons. The van der Waals surface area contributed by atoms with Gasteiger partial charge < -0.3 is 4.57 Å². The molecule has 2 heterocycles. The summed E-state index contributed by atoms with van der Waals surface area (Å²) in [7, 11) is 1.94. The number of aryl methyl sites for hydroxylation is 2. The molecule has 0 fully saturated rings. The number of rotatable bonds is 3. The van der Waals surface area contributed by atoms with E-state index in [1.54, 1.807) is 4.57 Å². The van der Waals surface area contributed by atoms with E-state index in [2.05, 4.69) is 0 Å². The summed E-state index contributed by atoms with van der Waals surface area (Å²) < 4.78 is 3.55. The van der Waals surface area contributed by atoms with Crippen molar-refractivity contribution in [2.45, 2.75) is 34.2 Å². The Bertz CT molecular complexity index is 704. The molecular weight excluding hydrogens is 260 g/mol. The van der Waals surface area contributed by atoms with E-state index in [1.807, 2.05) is 45.4 Å². The van der Waals surface area contributed by atoms with E-state index in [0.29, 0.717) is 5.56 Å². The van der Waals surface area contributed by atoms with Crippen LogP contribution >= 0.6 is 11.3 Å². The van der Waals surface area contributed by atoms with Crippen molar-refractivity contribution < 1.29 is 4.79 Å². The van der Waals surface area contributed by atoms with Gasteiger partial charge >= 0.3 is 4.87 Å². The van der Waals surface area contributed by atoms with Crippen LogP contribution in [0.15, 0.2) is 10.9 Å². The number of hydrogen-bond acceptors (Lipinski definition) is 3. The molecule has 4 nitrogen and oxygen atoms in total. The van der Waals surface area contributed by atoms with Gasteiger partial charge in [0.05, 0.1) is 6.54 Å². The molecule has 0 aliphatic rings. The van der Waals surface area contributed by atoms with Crippen LogP contribution in [0, 0.1) is 27.7 Å². The minimum Gasteiger partial charge on any atom is -0.351 e. The largest absolute Gasteiger partial charge is 0.351 e. The van der Waals surface area contributed by atoms with Gasteiger partial charge in [0.1, 0.15) is 0 Å². The number of carbonyl (C=O) groups is 1. The highest BCUT2D eigenvalue weighted by molar-refractivity contribution is 7.09. The molecule has 0 aliphatic carbocycles. The number of nitrogens with zero attached hydrogens (tertiary/aromatic N) is 2. The maximum Gasteiger partial charge on any atom is 0.307 e. The number of aromatic nitrogens is 2. The summed E-state index contributed by atoms with van der Waals surface area (Å²) >= 11 is 1.20. The Labute approximate surface area is 116 Å². The molecule has 0 bridgehead atoms. The average molecular weight is 278 g/mol. The Balaban J connectivity index is 2.36. The maximum atomic E-state index is 12.3. The highest BCUT2D eigenvalue weighted by Crippen LogP contribution is 2.16. The Kier molecular flexibility index (Phi) is 3.49. The van der Waals surface area contributed by atoms with Gasteiger partial charge in [-0.2, -0.15) is 0 Å². The topological polar surface area (TPSA) is 44.0 Å². The molecule has 0 atom stereocenters. The van der Waals surface area contributed by atoms with Crippen LogP contribution in [-0.4, -0.2) is 14.9 Å². The second-order valence-electron chi connectivity index (χ2n) is 4.86. The fourth-order valence-electron chi connectivity index (χ4n) is 2.14. The summed E-state index contributed by atoms with van der Waals surface area (Å²) in [4.78, 5) is 25.1. The molecule has 0 radical (unpaired) electrons. The first-order chi connectivity index (χ1) is 8.82. The van der Waals surface area contributed by atoms with Crippen molar-refractivity contribution in [2.24, 2.45) is 7.05 Å². The van der Waals surface area contributed by atoms with Gasteiger partial charge in [-0.1, -0.05) is 11.3 Å². The van der Waals surface area contributed by atoms with Crippen LogP contribution in [-0.2, 0) is 13.6 Å². The second kappa shape index (κ2) is 4.81. The fourth-order valence-corrected chi connectivity index (χ4v) is 2.97. The van der Waals surface area contributed by atoms with Crippen LogP contribution in [0.25, 0.3) is 0 Å². The van der Waals surface area contributed by atoms with Crippen molar-refractivity contribution in [3.63, 3.8) is 0 Å². The van der Waals surface area contributed by atoms with Crippen molar-refractivity contribution >= 4 is 17.1 Å². The molecule has 0 unspecified atom stereocenters. The lowest BCUT2D eigenvalue weighted by Crippen LogP contribution is -2.21. The molecular formula is C14H18N2O2S. The van der Waals surface area contributed by atoms with Gasteiger partial charge in [0.25, 0.3) is 0 Å². The summed E-state index contributed by atoms with van der Waals surface area (Å²) in [5.41, 5.74) is 3.58. The van der Waals surface area contributed by atoms with Gasteiger partial charge in [-0.15, -0.1) is 0 Å². The van der Waals surface area contributed by atoms with E-state index in [0.717, 1.165) is 22.0 Å². The van der Waals surface area contributed by atoms with E-state index < -0.39 is 0 Å². The van der Waals surface area contributed by atoms with Crippen molar-refractivity contribution in [3.05, 3.63) is 43.3 Å². The molecule has 0 spiro atoms. The molecule has 0 amide bonds. The van der Waals surface area contributed by atoms with Crippen molar-refractivity contribution in [3.8, 4) is 0 Å². The molecule has 19 heavy (non-hydrogen) atoms. The first kappa shape index (κ1) is 13.8. The lowest BCUT2D eigenvalue weighted by Gasteiger charge is -2.05. The number of Topliss-reactive ketones (excluding diaryl/α,β-unsaturated/α-hetero) is 1. The Morgan fingerprint density at radius 3 is 2.26 bits per heavy atom. The predicted octanol–water partition coefficient (Wildman–Crippen LogP) is 2.36. The summed E-state index contributed by atoms with van der Waals surface area (Å²) in [6.07, 6.45) is 0. The molecule has 0 aliphatic heterocycles. The second-order valence-corrected chi connectivity index (χ2v) is 6.03. The fraction of sp³-hybridized carbons (Fsp3) is 0.429. The number of hydrogen-bond donors (Lipinski definition) is 0. The van der Waals surface area contributed by atoms with Gasteiger partial charge in [-0.05, 0) is 33.8 Å². The van der Waals surface area contributed by atoms with Gasteiger partial charge in [0.2, 0.25) is 0 Å². The summed E-state index contributed by atoms with van der Waals surface area (Å²) in [5, 5.41) is 0. The Morgan fingerprint density at radius 1 is 1.21 bits per heavy atom. The van der Waals surface area contributed by atoms with Gasteiger partial charge in [0, 0.05) is 34.6 Å². The zero-order chi connectivity index (χ0) is 14.3. The van der Waals surface area contributed by atoms with Crippen LogP contribution in [0.3, 0.4) is 0 Å². The van der Waals surface area contributed by atoms with Gasteiger partial charge in [-0.25, -0.2) is 0 Å². The SMILES string of the molecule is Cc1sc(=O)n(CC(=O)c2cc(C)n(C)c2C)c1C. The lowest BCUT2D eigenvalue weighted by molar-refractivity contribution is 0.0970. The van der Waals surface area contributed by atoms with E-state index in [1.165, 1.54) is 11.3 Å². The van der Waals surface area contributed by atoms with Crippen LogP contribution in [0.1, 0.15) is 32.3 Å². The first-order valence-electron chi connectivity index (χ1n) is 6.16. The third-order valence-electron chi connectivity index (χ3n) is 3.75. The number of thiazole rings is 1. The van der Waals surface area contributed by atoms with E-state index in [-0.39, 0.29) is 17.2 Å². The van der Waals surface area contributed by atoms with Gasteiger partial charge in [0.15, 0.2) is 5.78 Å². The third-order valence-corrected chi connectivity index (χ3v) is 4.75. The minimum absolute atomic E-state index is 0.01000. The first-order valence-corrected chi connectivity index (χ1v) is 6.97. The standard InChI is InChI=1S/C14H18N2O2S/c1-8-6-12(10(3)15(8)5)13(17)7-16-9(2)11(4)19-14(16)18/h6H,7H2,1-5H3. The van der Waals surface area contributed by atoms with Crippen LogP contribution in [0.2, 0.25) is 0 Å². The maximum absolute atomic E-state index is 12.3. The normalized spacial score (nSPS) is 11.0. The summed E-state index contributed by atoms with van der Waals surface area (Å²) in [6, 6.07) is 1.89. The molecule has 0 N–H and O–H groups in total. The minimum atomic E-state index is -0.0614. The zero-order valence-electron chi connectivity index (χ0n) is 11.9. The van der Waals surface area contributed by atoms with Crippen LogP contribution in [0.4, 0.5) is 0 Å². The quantitative estimate of drug-likeness (QED) is 0.809. The van der Waals surface area contributed by atoms with Gasteiger partial charge in [-0.3, -0.25) is 14.2 Å². The summed E-state index contributed by atoms with van der Waals surface area (Å²) in [5.74, 6) is -0.01000. The number of ketones is 1. The highest BCUT2D eigenvalue weighted by atomic mass is 32.1. The van der Waals surface area contributed by atoms with E-state index in [9.17, 15) is 9.59 Å². The molecule has 0 saturated heterocycles. The zero-order valence-corrected chi connectivity index (χ0v) is 12.7. The average Bonchev–Trinajstić information content (AvgIpc) is 2.74. The van der Waals surface area contributed by atoms with Crippen LogP contribution < -0.4 is 4.87 Å². The lowest BCUT2D eigenvalue weighted by atomic mass is 10.1. The van der Waals surface area contributed by atoms with E-state index >= 15 is 0 Å². The van der Waals surface area contributed by atoms with Crippen molar-refractivity contribution in [2.75, 3.05) is 0 Å². The molecule has 0 saturated carbocycles. The molecule has 2 aromatic rings. The smallest absolute Gasteiger partial charge is 0.307 e. The van der Waals surface area contributed by atoms with Crippen molar-refractivity contribution in [1.29, 1.82) is 0 Å². The third kappa shape index (κ3) is 2.30. The monoisotopic (exact) mass is 278 g/mol. The molecule has 0 aromatic carbocycles. The van der Waals surface area contributed by atoms with E-state index in [4.69, 9.17) is 0 Å².